The van der Waals surface area contributed by atoms with E-state index in [2.05, 4.69) is 131 Å². The molecule has 4 aromatic carbocycles. The van der Waals surface area contributed by atoms with Crippen molar-refractivity contribution < 1.29 is 0 Å². The maximum Gasteiger partial charge on any atom is 0.0213 e. The van der Waals surface area contributed by atoms with Crippen molar-refractivity contribution in [3.63, 3.8) is 0 Å². The summed E-state index contributed by atoms with van der Waals surface area (Å²) in [5.41, 5.74) is 11.6. The molecule has 6 rings (SSSR count). The van der Waals surface area contributed by atoms with Crippen LogP contribution in [0, 0.1) is 0 Å². The van der Waals surface area contributed by atoms with E-state index in [1.54, 1.807) is 0 Å². The lowest BCUT2D eigenvalue weighted by atomic mass is 9.65. The first kappa shape index (κ1) is 22.3. The van der Waals surface area contributed by atoms with Gasteiger partial charge >= 0.3 is 0 Å². The fraction of sp³-hybridized carbons (Fsp3) is 0.250. The minimum atomic E-state index is 0.00682. The zero-order chi connectivity index (χ0) is 23.5. The summed E-state index contributed by atoms with van der Waals surface area (Å²) in [5, 5.41) is 0. The Morgan fingerprint density at radius 2 is 0.882 bits per heavy atom. The maximum absolute atomic E-state index is 3.78. The Balaban J connectivity index is 1.52. The Morgan fingerprint density at radius 1 is 0.500 bits per heavy atom. The van der Waals surface area contributed by atoms with Crippen LogP contribution in [0.2, 0.25) is 0 Å². The van der Waals surface area contributed by atoms with E-state index >= 15 is 0 Å². The number of halogens is 2. The molecule has 0 unspecified atom stereocenters. The summed E-state index contributed by atoms with van der Waals surface area (Å²) >= 11 is 7.56. The fourth-order valence-corrected chi connectivity index (χ4v) is 7.66. The number of hydrogen-bond donors (Lipinski definition) is 0. The van der Waals surface area contributed by atoms with Crippen molar-refractivity contribution in [2.75, 3.05) is 0 Å². The second kappa shape index (κ2) is 8.21. The van der Waals surface area contributed by atoms with Gasteiger partial charge in [0.05, 0.1) is 0 Å². The first-order valence-electron chi connectivity index (χ1n) is 12.3. The van der Waals surface area contributed by atoms with Gasteiger partial charge in [0, 0.05) is 19.8 Å². The molecule has 0 heterocycles. The van der Waals surface area contributed by atoms with Gasteiger partial charge in [-0.1, -0.05) is 106 Å². The van der Waals surface area contributed by atoms with Crippen molar-refractivity contribution in [1.29, 1.82) is 0 Å². The number of fused-ring (bicyclic) bond motifs is 6. The molecule has 0 radical (unpaired) electrons. The average molecular weight is 572 g/mol. The smallest absolute Gasteiger partial charge is 0.0213 e. The SMILES string of the molecule is CCC1(CCC2(CC)c3cc(Br)ccc3-c3ccc(Br)cc32)c2ccccc2-c2ccccc21. The highest BCUT2D eigenvalue weighted by Gasteiger charge is 2.47. The highest BCUT2D eigenvalue weighted by Crippen LogP contribution is 2.58. The van der Waals surface area contributed by atoms with Crippen LogP contribution in [0.15, 0.2) is 93.9 Å². The van der Waals surface area contributed by atoms with E-state index in [4.69, 9.17) is 0 Å². The first-order chi connectivity index (χ1) is 16.5. The van der Waals surface area contributed by atoms with Crippen LogP contribution < -0.4 is 0 Å². The van der Waals surface area contributed by atoms with Gasteiger partial charge in [-0.15, -0.1) is 0 Å². The minimum Gasteiger partial charge on any atom is -0.0642 e. The normalized spacial score (nSPS) is 16.0. The summed E-state index contributed by atoms with van der Waals surface area (Å²) < 4.78 is 2.33. The van der Waals surface area contributed by atoms with Gasteiger partial charge in [-0.25, -0.2) is 0 Å². The Bertz CT molecular complexity index is 1320. The monoisotopic (exact) mass is 570 g/mol. The lowest BCUT2D eigenvalue weighted by molar-refractivity contribution is 0.368. The van der Waals surface area contributed by atoms with E-state index in [1.807, 2.05) is 0 Å². The minimum absolute atomic E-state index is 0.00682. The van der Waals surface area contributed by atoms with Gasteiger partial charge < -0.3 is 0 Å². The lowest BCUT2D eigenvalue weighted by Gasteiger charge is -2.38. The molecule has 0 atom stereocenters. The van der Waals surface area contributed by atoms with Gasteiger partial charge in [0.1, 0.15) is 0 Å². The molecule has 2 heteroatoms. The van der Waals surface area contributed by atoms with Crippen LogP contribution >= 0.6 is 31.9 Å². The van der Waals surface area contributed by atoms with Crippen molar-refractivity contribution in [1.82, 2.24) is 0 Å². The third-order valence-corrected chi connectivity index (χ3v) is 9.63. The molecule has 0 amide bonds. The van der Waals surface area contributed by atoms with Gasteiger partial charge in [0.25, 0.3) is 0 Å². The third kappa shape index (κ3) is 3.01. The molecule has 2 aliphatic carbocycles. The number of hydrogen-bond acceptors (Lipinski definition) is 0. The molecule has 4 aromatic rings. The van der Waals surface area contributed by atoms with Crippen LogP contribution in [0.4, 0.5) is 0 Å². The summed E-state index contributed by atoms with van der Waals surface area (Å²) in [4.78, 5) is 0. The van der Waals surface area contributed by atoms with Crippen molar-refractivity contribution in [3.05, 3.63) is 116 Å². The van der Waals surface area contributed by atoms with E-state index in [-0.39, 0.29) is 10.8 Å². The van der Waals surface area contributed by atoms with Crippen molar-refractivity contribution in [2.45, 2.75) is 50.4 Å². The average Bonchev–Trinajstić information content (AvgIpc) is 3.30. The molecule has 0 saturated heterocycles. The molecule has 0 saturated carbocycles. The fourth-order valence-electron chi connectivity index (χ4n) is 6.94. The van der Waals surface area contributed by atoms with E-state index in [0.717, 1.165) is 34.6 Å². The summed E-state index contributed by atoms with van der Waals surface area (Å²) in [6, 6.07) is 31.9. The zero-order valence-corrected chi connectivity index (χ0v) is 22.8. The number of benzene rings is 4. The Kier molecular flexibility index (Phi) is 5.39. The second-order valence-electron chi connectivity index (χ2n) is 9.84. The van der Waals surface area contributed by atoms with Crippen LogP contribution in [0.25, 0.3) is 22.3 Å². The van der Waals surface area contributed by atoms with Crippen molar-refractivity contribution in [2.24, 2.45) is 0 Å². The standard InChI is InChI=1S/C32H28Br2/c1-3-31(27-11-7-5-9-23(27)24-10-6-8-12-28(24)31)17-18-32(4-2)29-19-21(33)13-15-25(29)26-16-14-22(34)20-30(26)32/h5-16,19-20H,3-4,17-18H2,1-2H3. The third-order valence-electron chi connectivity index (χ3n) is 8.65. The van der Waals surface area contributed by atoms with Crippen LogP contribution in [-0.2, 0) is 10.8 Å². The largest absolute Gasteiger partial charge is 0.0642 e. The zero-order valence-electron chi connectivity index (χ0n) is 19.7. The van der Waals surface area contributed by atoms with E-state index < -0.39 is 0 Å². The summed E-state index contributed by atoms with van der Waals surface area (Å²) in [5.74, 6) is 0. The molecule has 0 fully saturated rings. The van der Waals surface area contributed by atoms with Crippen LogP contribution in [-0.4, -0.2) is 0 Å². The van der Waals surface area contributed by atoms with Gasteiger partial charge in [0.15, 0.2) is 0 Å². The predicted octanol–water partition coefficient (Wildman–Crippen LogP) is 10.0. The Labute approximate surface area is 219 Å². The number of rotatable bonds is 5. The van der Waals surface area contributed by atoms with E-state index in [1.165, 1.54) is 44.5 Å². The van der Waals surface area contributed by atoms with Crippen LogP contribution in [0.5, 0.6) is 0 Å². The van der Waals surface area contributed by atoms with Crippen molar-refractivity contribution >= 4 is 31.9 Å². The van der Waals surface area contributed by atoms with Crippen molar-refractivity contribution in [3.8, 4) is 22.3 Å². The van der Waals surface area contributed by atoms with Gasteiger partial charge in [0.2, 0.25) is 0 Å². The van der Waals surface area contributed by atoms with Gasteiger partial charge in [-0.3, -0.25) is 0 Å². The van der Waals surface area contributed by atoms with E-state index in [9.17, 15) is 0 Å². The van der Waals surface area contributed by atoms with Gasteiger partial charge in [-0.2, -0.15) is 0 Å². The Morgan fingerprint density at radius 3 is 1.32 bits per heavy atom. The molecule has 0 spiro atoms. The lowest BCUT2D eigenvalue weighted by Crippen LogP contribution is -2.31. The van der Waals surface area contributed by atoms with Gasteiger partial charge in [-0.05, 0) is 94.5 Å². The molecule has 0 bridgehead atoms. The molecule has 0 aliphatic heterocycles. The topological polar surface area (TPSA) is 0 Å². The summed E-state index contributed by atoms with van der Waals surface area (Å²) in [7, 11) is 0. The quantitative estimate of drug-likeness (QED) is 0.223. The van der Waals surface area contributed by atoms with E-state index in [0.29, 0.717) is 0 Å². The molecular formula is C32H28Br2. The van der Waals surface area contributed by atoms with Crippen LogP contribution in [0.1, 0.15) is 61.8 Å². The highest BCUT2D eigenvalue weighted by molar-refractivity contribution is 9.10. The summed E-state index contributed by atoms with van der Waals surface area (Å²) in [6.07, 6.45) is 4.44. The highest BCUT2D eigenvalue weighted by atomic mass is 79.9. The molecule has 2 aliphatic rings. The summed E-state index contributed by atoms with van der Waals surface area (Å²) in [6.45, 7) is 4.75. The molecule has 0 N–H and O–H groups in total. The predicted molar refractivity (Wildman–Crippen MR) is 151 cm³/mol. The molecule has 0 aromatic heterocycles. The maximum atomic E-state index is 3.78. The van der Waals surface area contributed by atoms with Crippen LogP contribution in [0.3, 0.4) is 0 Å². The molecule has 0 nitrogen and oxygen atoms in total. The molecule has 170 valence electrons. The second-order valence-corrected chi connectivity index (χ2v) is 11.7. The molecule has 34 heavy (non-hydrogen) atoms. The Hall–Kier alpha value is -2.16. The first-order valence-corrected chi connectivity index (χ1v) is 13.9. The molecular weight excluding hydrogens is 544 g/mol.